The Hall–Kier alpha value is -1.43. The first kappa shape index (κ1) is 18.4. The highest BCUT2D eigenvalue weighted by molar-refractivity contribution is 5.95. The van der Waals surface area contributed by atoms with Crippen molar-refractivity contribution in [3.8, 4) is 0 Å². The van der Waals surface area contributed by atoms with Crippen molar-refractivity contribution in [2.75, 3.05) is 11.9 Å². The minimum atomic E-state index is -0.148. The van der Waals surface area contributed by atoms with E-state index in [1.807, 2.05) is 12.1 Å². The monoisotopic (exact) mass is 344 g/mol. The van der Waals surface area contributed by atoms with Gasteiger partial charge in [-0.1, -0.05) is 31.9 Å². The number of carbonyl (C=O) groups is 1. The Morgan fingerprint density at radius 2 is 2.04 bits per heavy atom. The van der Waals surface area contributed by atoms with Crippen molar-refractivity contribution in [2.45, 2.75) is 77.0 Å². The summed E-state index contributed by atoms with van der Waals surface area (Å²) >= 11 is 0. The predicted molar refractivity (Wildman–Crippen MR) is 102 cm³/mol. The smallest absolute Gasteiger partial charge is 0.242 e. The van der Waals surface area contributed by atoms with Gasteiger partial charge < -0.3 is 5.32 Å². The van der Waals surface area contributed by atoms with Crippen LogP contribution in [0, 0.1) is 0 Å². The van der Waals surface area contributed by atoms with Gasteiger partial charge in [0.25, 0.3) is 0 Å². The molecule has 0 saturated carbocycles. The fraction of sp³-hybridized carbons (Fsp3) is 0.650. The van der Waals surface area contributed by atoms with Gasteiger partial charge in [0.1, 0.15) is 6.04 Å². The van der Waals surface area contributed by atoms with Gasteiger partial charge in [-0.15, -0.1) is 0 Å². The molecule has 2 heterocycles. The second-order valence-corrected chi connectivity index (χ2v) is 7.56. The molecule has 2 aliphatic heterocycles. The normalized spacial score (nSPS) is 27.4. The molecule has 0 aromatic heterocycles. The molecule has 3 unspecified atom stereocenters. The Labute approximate surface area is 151 Å². The van der Waals surface area contributed by atoms with Gasteiger partial charge in [-0.3, -0.25) is 15.1 Å². The van der Waals surface area contributed by atoms with Gasteiger partial charge >= 0.3 is 0 Å². The molecule has 3 N–H and O–H groups in total. The van der Waals surface area contributed by atoms with Crippen LogP contribution < -0.4 is 16.2 Å². The lowest BCUT2D eigenvalue weighted by Gasteiger charge is -2.33. The Balaban J connectivity index is 1.49. The van der Waals surface area contributed by atoms with E-state index in [0.29, 0.717) is 12.1 Å². The SMILES string of the molecule is CCCC1CC(C(=O)Nc2ccc(CN3CCCCC3C)cc2)NN1. The third kappa shape index (κ3) is 5.03. The molecule has 2 aliphatic rings. The molecule has 0 radical (unpaired) electrons. The lowest BCUT2D eigenvalue weighted by molar-refractivity contribution is -0.117. The van der Waals surface area contributed by atoms with Crippen molar-refractivity contribution in [3.63, 3.8) is 0 Å². The molecule has 3 atom stereocenters. The van der Waals surface area contributed by atoms with Crippen molar-refractivity contribution < 1.29 is 4.79 Å². The summed E-state index contributed by atoms with van der Waals surface area (Å²) in [5.41, 5.74) is 8.52. The van der Waals surface area contributed by atoms with Crippen LogP contribution in [0.15, 0.2) is 24.3 Å². The van der Waals surface area contributed by atoms with Crippen LogP contribution in [0.2, 0.25) is 0 Å². The molecule has 0 aliphatic carbocycles. The standard InChI is InChI=1S/C20H32N4O/c1-3-6-18-13-19(23-22-18)20(25)21-17-10-8-16(9-11-17)14-24-12-5-4-7-15(24)2/h8-11,15,18-19,22-23H,3-7,12-14H2,1-2H3,(H,21,25). The van der Waals surface area contributed by atoms with Crippen LogP contribution in [0.25, 0.3) is 0 Å². The highest BCUT2D eigenvalue weighted by Gasteiger charge is 2.28. The number of carbonyl (C=O) groups excluding carboxylic acids is 1. The van der Waals surface area contributed by atoms with Crippen LogP contribution in [-0.2, 0) is 11.3 Å². The molecule has 3 rings (SSSR count). The minimum Gasteiger partial charge on any atom is -0.325 e. The van der Waals surface area contributed by atoms with E-state index in [2.05, 4.69) is 47.0 Å². The van der Waals surface area contributed by atoms with E-state index < -0.39 is 0 Å². The van der Waals surface area contributed by atoms with E-state index in [4.69, 9.17) is 0 Å². The molecule has 1 aromatic rings. The number of piperidine rings is 1. The second kappa shape index (κ2) is 8.79. The maximum atomic E-state index is 12.4. The third-order valence-corrected chi connectivity index (χ3v) is 5.48. The molecule has 1 amide bonds. The predicted octanol–water partition coefficient (Wildman–Crippen LogP) is 3.03. The summed E-state index contributed by atoms with van der Waals surface area (Å²) in [5.74, 6) is 0.0449. The summed E-state index contributed by atoms with van der Waals surface area (Å²) in [7, 11) is 0. The number of rotatable bonds is 6. The second-order valence-electron chi connectivity index (χ2n) is 7.56. The fourth-order valence-corrected chi connectivity index (χ4v) is 3.88. The van der Waals surface area contributed by atoms with Crippen molar-refractivity contribution >= 4 is 11.6 Å². The van der Waals surface area contributed by atoms with Gasteiger partial charge in [0, 0.05) is 24.3 Å². The summed E-state index contributed by atoms with van der Waals surface area (Å²) in [6.07, 6.45) is 7.04. The minimum absolute atomic E-state index is 0.0449. The van der Waals surface area contributed by atoms with E-state index in [-0.39, 0.29) is 11.9 Å². The molecule has 5 heteroatoms. The number of amides is 1. The number of hydrogen-bond acceptors (Lipinski definition) is 4. The molecule has 2 saturated heterocycles. The molecule has 0 bridgehead atoms. The highest BCUT2D eigenvalue weighted by Crippen LogP contribution is 2.20. The molecular weight excluding hydrogens is 312 g/mol. The van der Waals surface area contributed by atoms with Gasteiger partial charge in [0.2, 0.25) is 5.91 Å². The third-order valence-electron chi connectivity index (χ3n) is 5.48. The van der Waals surface area contributed by atoms with Gasteiger partial charge in [0.05, 0.1) is 0 Å². The summed E-state index contributed by atoms with van der Waals surface area (Å²) < 4.78 is 0. The first-order valence-electron chi connectivity index (χ1n) is 9.80. The number of benzene rings is 1. The van der Waals surface area contributed by atoms with E-state index in [1.165, 1.54) is 31.4 Å². The molecular formula is C20H32N4O. The Bertz CT molecular complexity index is 559. The van der Waals surface area contributed by atoms with Crippen molar-refractivity contribution in [2.24, 2.45) is 0 Å². The average molecular weight is 345 g/mol. The van der Waals surface area contributed by atoms with E-state index in [0.717, 1.165) is 31.5 Å². The van der Waals surface area contributed by atoms with Gasteiger partial charge in [-0.2, -0.15) is 0 Å². The summed E-state index contributed by atoms with van der Waals surface area (Å²) in [5, 5.41) is 3.03. The summed E-state index contributed by atoms with van der Waals surface area (Å²) in [6.45, 7) is 6.69. The Morgan fingerprint density at radius 1 is 1.24 bits per heavy atom. The zero-order valence-corrected chi connectivity index (χ0v) is 15.6. The lowest BCUT2D eigenvalue weighted by Crippen LogP contribution is -2.40. The first-order valence-corrected chi connectivity index (χ1v) is 9.80. The van der Waals surface area contributed by atoms with Crippen LogP contribution in [0.1, 0.15) is 57.9 Å². The fourth-order valence-electron chi connectivity index (χ4n) is 3.88. The van der Waals surface area contributed by atoms with Gasteiger partial charge in [-0.25, -0.2) is 5.43 Å². The number of likely N-dealkylation sites (tertiary alicyclic amines) is 1. The lowest BCUT2D eigenvalue weighted by atomic mass is 10.0. The molecule has 5 nitrogen and oxygen atoms in total. The quantitative estimate of drug-likeness (QED) is 0.742. The van der Waals surface area contributed by atoms with Crippen molar-refractivity contribution in [1.29, 1.82) is 0 Å². The maximum absolute atomic E-state index is 12.4. The van der Waals surface area contributed by atoms with E-state index in [9.17, 15) is 4.79 Å². The molecule has 0 spiro atoms. The maximum Gasteiger partial charge on any atom is 0.242 e. The Kier molecular flexibility index (Phi) is 6.45. The van der Waals surface area contributed by atoms with Crippen molar-refractivity contribution in [1.82, 2.24) is 15.8 Å². The molecule has 138 valence electrons. The van der Waals surface area contributed by atoms with E-state index in [1.54, 1.807) is 0 Å². The average Bonchev–Trinajstić information content (AvgIpc) is 3.08. The summed E-state index contributed by atoms with van der Waals surface area (Å²) in [6, 6.07) is 9.24. The largest absolute Gasteiger partial charge is 0.325 e. The van der Waals surface area contributed by atoms with Crippen LogP contribution >= 0.6 is 0 Å². The van der Waals surface area contributed by atoms with Crippen LogP contribution in [0.3, 0.4) is 0 Å². The zero-order valence-electron chi connectivity index (χ0n) is 15.6. The number of anilines is 1. The number of hydrazine groups is 1. The van der Waals surface area contributed by atoms with Crippen molar-refractivity contribution in [3.05, 3.63) is 29.8 Å². The number of hydrogen-bond donors (Lipinski definition) is 3. The molecule has 2 fully saturated rings. The topological polar surface area (TPSA) is 56.4 Å². The van der Waals surface area contributed by atoms with Crippen LogP contribution in [0.5, 0.6) is 0 Å². The summed E-state index contributed by atoms with van der Waals surface area (Å²) in [4.78, 5) is 14.9. The highest BCUT2D eigenvalue weighted by atomic mass is 16.2. The van der Waals surface area contributed by atoms with Crippen LogP contribution in [-0.4, -0.2) is 35.5 Å². The number of nitrogens with zero attached hydrogens (tertiary/aromatic N) is 1. The Morgan fingerprint density at radius 3 is 2.76 bits per heavy atom. The zero-order chi connectivity index (χ0) is 17.6. The van der Waals surface area contributed by atoms with Crippen LogP contribution in [0.4, 0.5) is 5.69 Å². The van der Waals surface area contributed by atoms with E-state index >= 15 is 0 Å². The molecule has 25 heavy (non-hydrogen) atoms. The number of nitrogens with one attached hydrogen (secondary N) is 3. The molecule has 1 aromatic carbocycles. The first-order chi connectivity index (χ1) is 12.2. The van der Waals surface area contributed by atoms with Gasteiger partial charge in [0.15, 0.2) is 0 Å². The van der Waals surface area contributed by atoms with Gasteiger partial charge in [-0.05, 0) is 56.8 Å².